The SMILES string of the molecule is CCOC(=O)c1cc(Cc2ccc(N3CC4CC4C3)nc2C=O)nn1COCC[Si](C)(C)C. The molecule has 0 radical (unpaired) electrons. The quantitative estimate of drug-likeness (QED) is 0.214. The molecule has 2 fully saturated rings. The predicted molar refractivity (Wildman–Crippen MR) is 129 cm³/mol. The minimum atomic E-state index is -1.21. The predicted octanol–water partition coefficient (Wildman–Crippen LogP) is 3.63. The summed E-state index contributed by atoms with van der Waals surface area (Å²) in [6.45, 7) is 11.8. The number of carbonyl (C=O) groups excluding carboxylic acids is 2. The Morgan fingerprint density at radius 1 is 1.24 bits per heavy atom. The van der Waals surface area contributed by atoms with Gasteiger partial charge in [0.1, 0.15) is 23.9 Å². The van der Waals surface area contributed by atoms with Gasteiger partial charge in [0.15, 0.2) is 6.29 Å². The van der Waals surface area contributed by atoms with E-state index in [9.17, 15) is 9.59 Å². The van der Waals surface area contributed by atoms with Crippen molar-refractivity contribution in [3.05, 3.63) is 40.8 Å². The number of esters is 1. The Kier molecular flexibility index (Phi) is 6.99. The number of rotatable bonds is 11. The smallest absolute Gasteiger partial charge is 0.356 e. The number of piperidine rings is 1. The number of aldehydes is 1. The zero-order valence-electron chi connectivity index (χ0n) is 20.0. The summed E-state index contributed by atoms with van der Waals surface area (Å²) < 4.78 is 12.6. The van der Waals surface area contributed by atoms with E-state index in [0.29, 0.717) is 30.1 Å². The van der Waals surface area contributed by atoms with E-state index >= 15 is 0 Å². The van der Waals surface area contributed by atoms with Crippen LogP contribution in [0.4, 0.5) is 5.82 Å². The summed E-state index contributed by atoms with van der Waals surface area (Å²) in [5.41, 5.74) is 2.24. The van der Waals surface area contributed by atoms with Crippen LogP contribution in [0.3, 0.4) is 0 Å². The minimum Gasteiger partial charge on any atom is -0.461 e. The average molecular weight is 471 g/mol. The molecule has 3 heterocycles. The van der Waals surface area contributed by atoms with E-state index in [1.807, 2.05) is 12.1 Å². The van der Waals surface area contributed by atoms with Gasteiger partial charge in [0, 0.05) is 34.2 Å². The molecule has 0 amide bonds. The monoisotopic (exact) mass is 470 g/mol. The number of nitrogens with zero attached hydrogens (tertiary/aromatic N) is 4. The highest BCUT2D eigenvalue weighted by molar-refractivity contribution is 6.76. The molecule has 0 bridgehead atoms. The van der Waals surface area contributed by atoms with Crippen LogP contribution in [0.5, 0.6) is 0 Å². The van der Waals surface area contributed by atoms with Crippen molar-refractivity contribution in [2.45, 2.75) is 52.2 Å². The van der Waals surface area contributed by atoms with Gasteiger partial charge >= 0.3 is 5.97 Å². The van der Waals surface area contributed by atoms with E-state index in [1.54, 1.807) is 17.7 Å². The zero-order chi connectivity index (χ0) is 23.6. The molecule has 0 aromatic carbocycles. The molecule has 2 aromatic heterocycles. The van der Waals surface area contributed by atoms with E-state index in [0.717, 1.165) is 48.6 Å². The van der Waals surface area contributed by atoms with Crippen LogP contribution in [0, 0.1) is 11.8 Å². The van der Waals surface area contributed by atoms with Gasteiger partial charge in [0.05, 0.1) is 12.3 Å². The maximum absolute atomic E-state index is 12.5. The van der Waals surface area contributed by atoms with Gasteiger partial charge in [-0.15, -0.1) is 0 Å². The zero-order valence-corrected chi connectivity index (χ0v) is 21.0. The third-order valence-corrected chi connectivity index (χ3v) is 8.01. The third kappa shape index (κ3) is 5.89. The molecule has 2 atom stereocenters. The molecule has 178 valence electrons. The molecule has 0 N–H and O–H groups in total. The average Bonchev–Trinajstić information content (AvgIpc) is 3.17. The molecule has 4 rings (SSSR count). The first-order valence-corrected chi connectivity index (χ1v) is 15.5. The Balaban J connectivity index is 1.48. The largest absolute Gasteiger partial charge is 0.461 e. The second-order valence-electron chi connectivity index (χ2n) is 10.3. The van der Waals surface area contributed by atoms with Gasteiger partial charge in [-0.2, -0.15) is 5.10 Å². The van der Waals surface area contributed by atoms with Crippen molar-refractivity contribution in [3.63, 3.8) is 0 Å². The Labute approximate surface area is 196 Å². The van der Waals surface area contributed by atoms with Crippen LogP contribution >= 0.6 is 0 Å². The highest BCUT2D eigenvalue weighted by atomic mass is 28.3. The summed E-state index contributed by atoms with van der Waals surface area (Å²) in [5, 5.41) is 4.58. The van der Waals surface area contributed by atoms with Crippen LogP contribution < -0.4 is 4.90 Å². The molecule has 8 nitrogen and oxygen atoms in total. The lowest BCUT2D eigenvalue weighted by molar-refractivity contribution is 0.0455. The minimum absolute atomic E-state index is 0.188. The summed E-state index contributed by atoms with van der Waals surface area (Å²) in [7, 11) is -1.21. The standard InChI is InChI=1S/C24H34N4O4Si/c1-5-32-24(30)22-12-20(26-28(22)16-31-8-9-33(2,3)4)11-17-6-7-23(25-21(17)15-29)27-13-18-10-19(18)14-27/h6-7,12,15,18-19H,5,8-11,13-14,16H2,1-4H3. The van der Waals surface area contributed by atoms with Crippen LogP contribution in [0.15, 0.2) is 18.2 Å². The van der Waals surface area contributed by atoms with Crippen molar-refractivity contribution in [2.75, 3.05) is 31.2 Å². The molecule has 1 saturated carbocycles. The van der Waals surface area contributed by atoms with E-state index in [4.69, 9.17) is 9.47 Å². The summed E-state index contributed by atoms with van der Waals surface area (Å²) >= 11 is 0. The molecule has 1 aliphatic heterocycles. The van der Waals surface area contributed by atoms with Crippen molar-refractivity contribution in [2.24, 2.45) is 11.8 Å². The third-order valence-electron chi connectivity index (χ3n) is 6.31. The van der Waals surface area contributed by atoms with E-state index in [1.165, 1.54) is 6.42 Å². The molecule has 33 heavy (non-hydrogen) atoms. The van der Waals surface area contributed by atoms with Gasteiger partial charge in [-0.25, -0.2) is 14.5 Å². The number of ether oxygens (including phenoxy) is 2. The summed E-state index contributed by atoms with van der Waals surface area (Å²) in [6.07, 6.45) is 2.53. The molecule has 2 aliphatic rings. The first-order valence-electron chi connectivity index (χ1n) is 11.8. The first kappa shape index (κ1) is 23.6. The first-order chi connectivity index (χ1) is 15.8. The van der Waals surface area contributed by atoms with Crippen LogP contribution in [0.25, 0.3) is 0 Å². The van der Waals surface area contributed by atoms with Crippen LogP contribution in [-0.2, 0) is 22.6 Å². The van der Waals surface area contributed by atoms with Gasteiger partial charge in [0.2, 0.25) is 0 Å². The number of hydrogen-bond acceptors (Lipinski definition) is 7. The molecule has 2 unspecified atom stereocenters. The number of hydrogen-bond donors (Lipinski definition) is 0. The highest BCUT2D eigenvalue weighted by Crippen LogP contribution is 2.45. The summed E-state index contributed by atoms with van der Waals surface area (Å²) in [4.78, 5) is 31.1. The molecular weight excluding hydrogens is 436 g/mol. The lowest BCUT2D eigenvalue weighted by Gasteiger charge is -2.19. The summed E-state index contributed by atoms with van der Waals surface area (Å²) in [6, 6.07) is 6.69. The van der Waals surface area contributed by atoms with Crippen molar-refractivity contribution in [1.82, 2.24) is 14.8 Å². The number of pyridine rings is 1. The van der Waals surface area contributed by atoms with Gasteiger partial charge in [0.25, 0.3) is 0 Å². The molecule has 9 heteroatoms. The Hall–Kier alpha value is -2.52. The molecule has 1 aliphatic carbocycles. The van der Waals surface area contributed by atoms with Gasteiger partial charge in [-0.3, -0.25) is 4.79 Å². The van der Waals surface area contributed by atoms with E-state index in [-0.39, 0.29) is 13.3 Å². The Morgan fingerprint density at radius 3 is 2.67 bits per heavy atom. The van der Waals surface area contributed by atoms with Gasteiger partial charge in [-0.05, 0) is 48.9 Å². The van der Waals surface area contributed by atoms with Crippen molar-refractivity contribution < 1.29 is 19.1 Å². The maximum atomic E-state index is 12.5. The van der Waals surface area contributed by atoms with E-state index < -0.39 is 14.0 Å². The van der Waals surface area contributed by atoms with Crippen LogP contribution in [0.2, 0.25) is 25.7 Å². The second-order valence-corrected chi connectivity index (χ2v) is 15.9. The van der Waals surface area contributed by atoms with Gasteiger partial charge < -0.3 is 14.4 Å². The fourth-order valence-corrected chi connectivity index (χ4v) is 5.01. The molecule has 2 aromatic rings. The van der Waals surface area contributed by atoms with Crippen LogP contribution in [-0.4, -0.2) is 61.4 Å². The number of anilines is 1. The Bertz CT molecular complexity index is 1010. The van der Waals surface area contributed by atoms with Crippen molar-refractivity contribution >= 4 is 26.1 Å². The fraction of sp³-hybridized carbons (Fsp3) is 0.583. The molecule has 0 spiro atoms. The molecule has 1 saturated heterocycles. The number of carbonyl (C=O) groups is 2. The van der Waals surface area contributed by atoms with Gasteiger partial charge in [-0.1, -0.05) is 25.7 Å². The van der Waals surface area contributed by atoms with Crippen molar-refractivity contribution in [1.29, 1.82) is 0 Å². The number of aromatic nitrogens is 3. The number of fused-ring (bicyclic) bond motifs is 1. The second kappa shape index (κ2) is 9.76. The van der Waals surface area contributed by atoms with Crippen molar-refractivity contribution in [3.8, 4) is 0 Å². The fourth-order valence-electron chi connectivity index (χ4n) is 4.25. The lowest BCUT2D eigenvalue weighted by atomic mass is 10.1. The maximum Gasteiger partial charge on any atom is 0.356 e. The highest BCUT2D eigenvalue weighted by Gasteiger charge is 2.45. The van der Waals surface area contributed by atoms with E-state index in [2.05, 4.69) is 34.6 Å². The van der Waals surface area contributed by atoms with Crippen LogP contribution in [0.1, 0.15) is 45.6 Å². The Morgan fingerprint density at radius 2 is 2.00 bits per heavy atom. The summed E-state index contributed by atoms with van der Waals surface area (Å²) in [5.74, 6) is 2.03. The lowest BCUT2D eigenvalue weighted by Crippen LogP contribution is -2.23. The molecular formula is C24H34N4O4Si. The normalized spacial score (nSPS) is 19.5. The topological polar surface area (TPSA) is 86.5 Å².